The third kappa shape index (κ3) is 4.58. The number of aliphatic hydroxyl groups is 1. The summed E-state index contributed by atoms with van der Waals surface area (Å²) in [5.41, 5.74) is -0.182. The Morgan fingerprint density at radius 3 is 2.68 bits per heavy atom. The van der Waals surface area contributed by atoms with Gasteiger partial charge in [-0.2, -0.15) is 5.26 Å². The maximum Gasteiger partial charge on any atom is 0.315 e. The van der Waals surface area contributed by atoms with Gasteiger partial charge in [0, 0.05) is 17.7 Å². The van der Waals surface area contributed by atoms with Crippen LogP contribution in [0.15, 0.2) is 28.7 Å². The number of aryl methyl sites for hydroxylation is 2. The molecule has 0 radical (unpaired) electrons. The standard InChI is InChI=1S/C18H20FN3O3/c1-11-6-15(12(2)25-11)18(3,24)10-22-17(23)21-9-14-7-13(8-20)4-5-16(14)19/h4-7,24H,9-10H2,1-3H3,(H2,21,22,23). The highest BCUT2D eigenvalue weighted by Gasteiger charge is 2.28. The number of urea groups is 1. The smallest absolute Gasteiger partial charge is 0.315 e. The van der Waals surface area contributed by atoms with Crippen LogP contribution in [0.3, 0.4) is 0 Å². The fourth-order valence-electron chi connectivity index (χ4n) is 2.53. The quantitative estimate of drug-likeness (QED) is 0.776. The summed E-state index contributed by atoms with van der Waals surface area (Å²) in [6, 6.07) is 7.01. The number of hydrogen-bond acceptors (Lipinski definition) is 4. The average molecular weight is 345 g/mol. The van der Waals surface area contributed by atoms with Crippen molar-refractivity contribution in [2.45, 2.75) is 32.9 Å². The normalized spacial score (nSPS) is 13.0. The van der Waals surface area contributed by atoms with Crippen LogP contribution < -0.4 is 10.6 Å². The van der Waals surface area contributed by atoms with E-state index in [-0.39, 0.29) is 18.7 Å². The molecule has 0 spiro atoms. The Morgan fingerprint density at radius 2 is 2.08 bits per heavy atom. The molecule has 6 nitrogen and oxygen atoms in total. The summed E-state index contributed by atoms with van der Waals surface area (Å²) in [6.07, 6.45) is 0. The van der Waals surface area contributed by atoms with Crippen LogP contribution in [-0.4, -0.2) is 17.7 Å². The zero-order valence-electron chi connectivity index (χ0n) is 14.3. The molecule has 1 atom stereocenters. The van der Waals surface area contributed by atoms with Crippen molar-refractivity contribution in [1.29, 1.82) is 5.26 Å². The monoisotopic (exact) mass is 345 g/mol. The molecule has 0 saturated heterocycles. The number of nitriles is 1. The number of halogens is 1. The third-order valence-corrected chi connectivity index (χ3v) is 3.83. The van der Waals surface area contributed by atoms with Gasteiger partial charge in [-0.3, -0.25) is 0 Å². The summed E-state index contributed by atoms with van der Waals surface area (Å²) in [6.45, 7) is 4.97. The van der Waals surface area contributed by atoms with Crippen LogP contribution in [0.4, 0.5) is 9.18 Å². The van der Waals surface area contributed by atoms with Gasteiger partial charge < -0.3 is 20.2 Å². The maximum absolute atomic E-state index is 13.7. The van der Waals surface area contributed by atoms with E-state index in [2.05, 4.69) is 10.6 Å². The summed E-state index contributed by atoms with van der Waals surface area (Å²) in [7, 11) is 0. The number of carbonyl (C=O) groups is 1. The molecule has 132 valence electrons. The lowest BCUT2D eigenvalue weighted by Crippen LogP contribution is -2.43. The van der Waals surface area contributed by atoms with Crippen molar-refractivity contribution in [2.75, 3.05) is 6.54 Å². The molecule has 25 heavy (non-hydrogen) atoms. The van der Waals surface area contributed by atoms with E-state index in [1.54, 1.807) is 26.8 Å². The number of furan rings is 1. The van der Waals surface area contributed by atoms with Crippen LogP contribution >= 0.6 is 0 Å². The van der Waals surface area contributed by atoms with Crippen LogP contribution in [0.1, 0.15) is 35.1 Å². The molecule has 1 unspecified atom stereocenters. The van der Waals surface area contributed by atoms with Gasteiger partial charge in [0.1, 0.15) is 22.9 Å². The Hall–Kier alpha value is -2.85. The lowest BCUT2D eigenvalue weighted by molar-refractivity contribution is 0.0579. The molecule has 1 heterocycles. The van der Waals surface area contributed by atoms with Gasteiger partial charge in [0.25, 0.3) is 0 Å². The molecule has 0 aliphatic carbocycles. The van der Waals surface area contributed by atoms with Crippen LogP contribution in [0.2, 0.25) is 0 Å². The van der Waals surface area contributed by atoms with Crippen LogP contribution in [-0.2, 0) is 12.1 Å². The van der Waals surface area contributed by atoms with Crippen molar-refractivity contribution < 1.29 is 18.7 Å². The molecular formula is C18H20FN3O3. The summed E-state index contributed by atoms with van der Waals surface area (Å²) in [5.74, 6) is 0.751. The van der Waals surface area contributed by atoms with Crippen LogP contribution in [0, 0.1) is 31.0 Å². The van der Waals surface area contributed by atoms with E-state index in [0.717, 1.165) is 0 Å². The number of carbonyl (C=O) groups excluding carboxylic acids is 1. The lowest BCUT2D eigenvalue weighted by atomic mass is 9.96. The molecule has 1 aromatic carbocycles. The van der Waals surface area contributed by atoms with Gasteiger partial charge in [-0.1, -0.05) is 0 Å². The van der Waals surface area contributed by atoms with E-state index >= 15 is 0 Å². The molecule has 3 N–H and O–H groups in total. The Balaban J connectivity index is 1.93. The van der Waals surface area contributed by atoms with Crippen molar-refractivity contribution in [3.63, 3.8) is 0 Å². The van der Waals surface area contributed by atoms with Crippen molar-refractivity contribution in [1.82, 2.24) is 10.6 Å². The first-order chi connectivity index (χ1) is 11.7. The first kappa shape index (κ1) is 18.5. The molecule has 0 fully saturated rings. The predicted octanol–water partition coefficient (Wildman–Crippen LogP) is 2.61. The van der Waals surface area contributed by atoms with Gasteiger partial charge in [0.2, 0.25) is 0 Å². The van der Waals surface area contributed by atoms with E-state index in [1.165, 1.54) is 18.2 Å². The summed E-state index contributed by atoms with van der Waals surface area (Å²) in [4.78, 5) is 11.9. The van der Waals surface area contributed by atoms with Gasteiger partial charge >= 0.3 is 6.03 Å². The molecule has 0 aliphatic heterocycles. The molecular weight excluding hydrogens is 325 g/mol. The van der Waals surface area contributed by atoms with Gasteiger partial charge in [0.05, 0.1) is 18.2 Å². The fraction of sp³-hybridized carbons (Fsp3) is 0.333. The second-order valence-corrected chi connectivity index (χ2v) is 6.05. The average Bonchev–Trinajstić information content (AvgIpc) is 2.91. The zero-order valence-corrected chi connectivity index (χ0v) is 14.3. The molecule has 0 aliphatic rings. The van der Waals surface area contributed by atoms with Crippen molar-refractivity contribution >= 4 is 6.03 Å². The Bertz CT molecular complexity index is 821. The van der Waals surface area contributed by atoms with E-state index in [4.69, 9.17) is 9.68 Å². The summed E-state index contributed by atoms with van der Waals surface area (Å²) in [5, 5.41) is 24.4. The van der Waals surface area contributed by atoms with Gasteiger partial charge in [-0.05, 0) is 45.0 Å². The van der Waals surface area contributed by atoms with Gasteiger partial charge in [0.15, 0.2) is 0 Å². The molecule has 0 bridgehead atoms. The SMILES string of the molecule is Cc1cc(C(C)(O)CNC(=O)NCc2cc(C#N)ccc2F)c(C)o1. The number of rotatable bonds is 5. The summed E-state index contributed by atoms with van der Waals surface area (Å²) >= 11 is 0. The Morgan fingerprint density at radius 1 is 1.36 bits per heavy atom. The van der Waals surface area contributed by atoms with Gasteiger partial charge in [-0.25, -0.2) is 9.18 Å². The number of hydrogen-bond donors (Lipinski definition) is 3. The Kier molecular flexibility index (Phi) is 5.45. The van der Waals surface area contributed by atoms with E-state index in [1.807, 2.05) is 6.07 Å². The Labute approximate surface area is 145 Å². The first-order valence-electron chi connectivity index (χ1n) is 7.73. The summed E-state index contributed by atoms with van der Waals surface area (Å²) < 4.78 is 19.1. The van der Waals surface area contributed by atoms with Crippen molar-refractivity contribution in [3.8, 4) is 6.07 Å². The minimum atomic E-state index is -1.30. The van der Waals surface area contributed by atoms with E-state index in [9.17, 15) is 14.3 Å². The highest BCUT2D eigenvalue weighted by atomic mass is 19.1. The third-order valence-electron chi connectivity index (χ3n) is 3.83. The van der Waals surface area contributed by atoms with Crippen LogP contribution in [0.25, 0.3) is 0 Å². The molecule has 2 rings (SSSR count). The number of nitrogens with one attached hydrogen (secondary N) is 2. The van der Waals surface area contributed by atoms with Crippen LogP contribution in [0.5, 0.6) is 0 Å². The lowest BCUT2D eigenvalue weighted by Gasteiger charge is -2.23. The van der Waals surface area contributed by atoms with E-state index < -0.39 is 17.4 Å². The van der Waals surface area contributed by atoms with Crippen molar-refractivity contribution in [3.05, 3.63) is 58.3 Å². The molecule has 7 heteroatoms. The molecule has 2 aromatic rings. The first-order valence-corrected chi connectivity index (χ1v) is 7.73. The zero-order chi connectivity index (χ0) is 18.6. The largest absolute Gasteiger partial charge is 0.466 e. The molecule has 0 saturated carbocycles. The topological polar surface area (TPSA) is 98.3 Å². The number of benzene rings is 1. The van der Waals surface area contributed by atoms with Gasteiger partial charge in [-0.15, -0.1) is 0 Å². The highest BCUT2D eigenvalue weighted by Crippen LogP contribution is 2.26. The fourth-order valence-corrected chi connectivity index (χ4v) is 2.53. The highest BCUT2D eigenvalue weighted by molar-refractivity contribution is 5.74. The number of nitrogens with zero attached hydrogens (tertiary/aromatic N) is 1. The van der Waals surface area contributed by atoms with E-state index in [0.29, 0.717) is 22.6 Å². The minimum Gasteiger partial charge on any atom is -0.466 e. The number of amides is 2. The molecule has 2 amide bonds. The second-order valence-electron chi connectivity index (χ2n) is 6.05. The molecule has 1 aromatic heterocycles. The minimum absolute atomic E-state index is 0.0423. The maximum atomic E-state index is 13.7. The second kappa shape index (κ2) is 7.36. The predicted molar refractivity (Wildman–Crippen MR) is 89.1 cm³/mol. The van der Waals surface area contributed by atoms with Crippen molar-refractivity contribution in [2.24, 2.45) is 0 Å².